The second-order valence-electron chi connectivity index (χ2n) is 6.19. The summed E-state index contributed by atoms with van der Waals surface area (Å²) in [5, 5.41) is 8.24. The van der Waals surface area contributed by atoms with Crippen LogP contribution in [0.1, 0.15) is 50.7 Å². The molecule has 0 amide bonds. The van der Waals surface area contributed by atoms with Gasteiger partial charge in [-0.25, -0.2) is 0 Å². The first kappa shape index (κ1) is 16.2. The molecule has 1 aromatic rings. The molecule has 0 saturated carbocycles. The van der Waals surface area contributed by atoms with E-state index < -0.39 is 0 Å². The number of hydrogen-bond acceptors (Lipinski definition) is 3. The summed E-state index contributed by atoms with van der Waals surface area (Å²) in [6, 6.07) is 0.239. The number of nitrogens with one attached hydrogen (secondary N) is 1. The standard InChI is InChI=1S/C15H29N3O/c1-8-14-11(2)17-18(12(14)3)13(10-19-7)9-16-15(4,5)6/h13,16H,8-10H2,1-7H3. The van der Waals surface area contributed by atoms with Crippen LogP contribution in [-0.2, 0) is 11.2 Å². The number of ether oxygens (including phenoxy) is 1. The molecule has 0 aliphatic heterocycles. The van der Waals surface area contributed by atoms with Crippen LogP contribution in [0.2, 0.25) is 0 Å². The molecular formula is C15H29N3O. The van der Waals surface area contributed by atoms with Gasteiger partial charge in [-0.05, 0) is 46.6 Å². The van der Waals surface area contributed by atoms with Gasteiger partial charge in [-0.1, -0.05) is 6.92 Å². The molecule has 0 bridgehead atoms. The van der Waals surface area contributed by atoms with Crippen molar-refractivity contribution in [2.24, 2.45) is 0 Å². The predicted octanol–water partition coefficient (Wildman–Crippen LogP) is 2.64. The molecule has 0 radical (unpaired) electrons. The molecule has 1 N–H and O–H groups in total. The second-order valence-corrected chi connectivity index (χ2v) is 6.19. The van der Waals surface area contributed by atoms with Crippen LogP contribution in [-0.4, -0.2) is 35.6 Å². The topological polar surface area (TPSA) is 39.1 Å². The van der Waals surface area contributed by atoms with Crippen molar-refractivity contribution in [1.29, 1.82) is 0 Å². The van der Waals surface area contributed by atoms with Gasteiger partial charge in [0.25, 0.3) is 0 Å². The van der Waals surface area contributed by atoms with Crippen molar-refractivity contribution in [3.05, 3.63) is 17.0 Å². The SMILES string of the molecule is CCc1c(C)nn(C(CNC(C)(C)C)COC)c1C. The minimum Gasteiger partial charge on any atom is -0.382 e. The van der Waals surface area contributed by atoms with E-state index in [0.717, 1.165) is 18.7 Å². The zero-order valence-corrected chi connectivity index (χ0v) is 13.5. The molecule has 0 saturated heterocycles. The van der Waals surface area contributed by atoms with Gasteiger partial charge in [0, 0.05) is 24.9 Å². The van der Waals surface area contributed by atoms with E-state index >= 15 is 0 Å². The van der Waals surface area contributed by atoms with Crippen LogP contribution in [0, 0.1) is 13.8 Å². The molecule has 4 nitrogen and oxygen atoms in total. The maximum atomic E-state index is 5.36. The summed E-state index contributed by atoms with van der Waals surface area (Å²) in [4.78, 5) is 0. The van der Waals surface area contributed by atoms with Crippen LogP contribution in [0.5, 0.6) is 0 Å². The minimum atomic E-state index is 0.107. The third-order valence-corrected chi connectivity index (χ3v) is 3.40. The van der Waals surface area contributed by atoms with E-state index in [1.165, 1.54) is 11.3 Å². The molecule has 1 aromatic heterocycles. The quantitative estimate of drug-likeness (QED) is 0.861. The summed E-state index contributed by atoms with van der Waals surface area (Å²) < 4.78 is 7.48. The van der Waals surface area contributed by atoms with E-state index in [1.54, 1.807) is 7.11 Å². The smallest absolute Gasteiger partial charge is 0.0879 e. The summed E-state index contributed by atoms with van der Waals surface area (Å²) >= 11 is 0. The van der Waals surface area contributed by atoms with Crippen molar-refractivity contribution in [2.75, 3.05) is 20.3 Å². The van der Waals surface area contributed by atoms with Crippen molar-refractivity contribution in [2.45, 2.75) is 59.5 Å². The Morgan fingerprint density at radius 2 is 1.95 bits per heavy atom. The fourth-order valence-electron chi connectivity index (χ4n) is 2.40. The van der Waals surface area contributed by atoms with Gasteiger partial charge in [0.05, 0.1) is 18.3 Å². The van der Waals surface area contributed by atoms with Crippen molar-refractivity contribution in [1.82, 2.24) is 15.1 Å². The van der Waals surface area contributed by atoms with E-state index in [0.29, 0.717) is 6.61 Å². The molecule has 19 heavy (non-hydrogen) atoms. The summed E-state index contributed by atoms with van der Waals surface area (Å²) in [6.07, 6.45) is 1.03. The van der Waals surface area contributed by atoms with Crippen LogP contribution < -0.4 is 5.32 Å². The zero-order chi connectivity index (χ0) is 14.6. The summed E-state index contributed by atoms with van der Waals surface area (Å²) in [7, 11) is 1.75. The predicted molar refractivity (Wildman–Crippen MR) is 79.7 cm³/mol. The van der Waals surface area contributed by atoms with Crippen molar-refractivity contribution in [3.8, 4) is 0 Å². The zero-order valence-electron chi connectivity index (χ0n) is 13.5. The lowest BCUT2D eigenvalue weighted by Crippen LogP contribution is -2.41. The maximum absolute atomic E-state index is 5.36. The number of aryl methyl sites for hydroxylation is 1. The second kappa shape index (κ2) is 6.53. The van der Waals surface area contributed by atoms with Crippen molar-refractivity contribution in [3.63, 3.8) is 0 Å². The lowest BCUT2D eigenvalue weighted by Gasteiger charge is -2.26. The van der Waals surface area contributed by atoms with Crippen molar-refractivity contribution >= 4 is 0 Å². The lowest BCUT2D eigenvalue weighted by molar-refractivity contribution is 0.142. The van der Waals surface area contributed by atoms with Crippen LogP contribution >= 0.6 is 0 Å². The largest absolute Gasteiger partial charge is 0.382 e. The van der Waals surface area contributed by atoms with Gasteiger partial charge < -0.3 is 10.1 Å². The van der Waals surface area contributed by atoms with Gasteiger partial charge in [-0.15, -0.1) is 0 Å². The van der Waals surface area contributed by atoms with E-state index in [4.69, 9.17) is 9.84 Å². The fourth-order valence-corrected chi connectivity index (χ4v) is 2.40. The molecule has 0 fully saturated rings. The van der Waals surface area contributed by atoms with Crippen LogP contribution in [0.15, 0.2) is 0 Å². The highest BCUT2D eigenvalue weighted by molar-refractivity contribution is 5.24. The normalized spacial score (nSPS) is 13.8. The van der Waals surface area contributed by atoms with Crippen LogP contribution in [0.3, 0.4) is 0 Å². The first-order valence-electron chi connectivity index (χ1n) is 7.08. The van der Waals surface area contributed by atoms with E-state index in [-0.39, 0.29) is 11.6 Å². The summed E-state index contributed by atoms with van der Waals surface area (Å²) in [6.45, 7) is 14.5. The van der Waals surface area contributed by atoms with E-state index in [1.807, 2.05) is 0 Å². The molecule has 0 aliphatic rings. The van der Waals surface area contributed by atoms with E-state index in [2.05, 4.69) is 51.5 Å². The average molecular weight is 267 g/mol. The molecule has 1 heterocycles. The first-order chi connectivity index (χ1) is 8.80. The third kappa shape index (κ3) is 4.32. The van der Waals surface area contributed by atoms with Gasteiger partial charge in [-0.3, -0.25) is 4.68 Å². The van der Waals surface area contributed by atoms with Gasteiger partial charge >= 0.3 is 0 Å². The van der Waals surface area contributed by atoms with Gasteiger partial charge in [0.1, 0.15) is 0 Å². The number of aromatic nitrogens is 2. The lowest BCUT2D eigenvalue weighted by atomic mass is 10.1. The number of nitrogens with zero attached hydrogens (tertiary/aromatic N) is 2. The van der Waals surface area contributed by atoms with Gasteiger partial charge in [0.2, 0.25) is 0 Å². The molecule has 4 heteroatoms. The number of rotatable bonds is 6. The number of hydrogen-bond donors (Lipinski definition) is 1. The Kier molecular flexibility index (Phi) is 5.56. The Morgan fingerprint density at radius 1 is 1.32 bits per heavy atom. The Morgan fingerprint density at radius 3 is 2.37 bits per heavy atom. The Hall–Kier alpha value is -0.870. The molecule has 1 atom stereocenters. The molecule has 110 valence electrons. The van der Waals surface area contributed by atoms with Crippen molar-refractivity contribution < 1.29 is 4.74 Å². The molecule has 0 spiro atoms. The number of methoxy groups -OCH3 is 1. The molecular weight excluding hydrogens is 238 g/mol. The Balaban J connectivity index is 2.93. The van der Waals surface area contributed by atoms with Gasteiger partial charge in [-0.2, -0.15) is 5.10 Å². The van der Waals surface area contributed by atoms with E-state index in [9.17, 15) is 0 Å². The minimum absolute atomic E-state index is 0.107. The molecule has 0 aromatic carbocycles. The Labute approximate surface area is 117 Å². The fraction of sp³-hybridized carbons (Fsp3) is 0.800. The highest BCUT2D eigenvalue weighted by Crippen LogP contribution is 2.18. The van der Waals surface area contributed by atoms with Gasteiger partial charge in [0.15, 0.2) is 0 Å². The average Bonchev–Trinajstić information content (AvgIpc) is 2.58. The monoisotopic (exact) mass is 267 g/mol. The summed E-state index contributed by atoms with van der Waals surface area (Å²) in [5.41, 5.74) is 3.86. The first-order valence-corrected chi connectivity index (χ1v) is 7.08. The highest BCUT2D eigenvalue weighted by atomic mass is 16.5. The molecule has 1 rings (SSSR count). The third-order valence-electron chi connectivity index (χ3n) is 3.40. The summed E-state index contributed by atoms with van der Waals surface area (Å²) in [5.74, 6) is 0. The molecule has 0 aliphatic carbocycles. The maximum Gasteiger partial charge on any atom is 0.0879 e. The highest BCUT2D eigenvalue weighted by Gasteiger charge is 2.20. The van der Waals surface area contributed by atoms with Crippen LogP contribution in [0.25, 0.3) is 0 Å². The Bertz CT molecular complexity index is 404. The molecule has 1 unspecified atom stereocenters. The van der Waals surface area contributed by atoms with Crippen LogP contribution in [0.4, 0.5) is 0 Å².